The fourth-order valence-corrected chi connectivity index (χ4v) is 2.43. The molecular weight excluding hydrogens is 368 g/mol. The standard InChI is InChI=1S/C19H15ClN4O3/c1-27-19(26)12-5-7-14(8-6-12)22-18(25)16-9-10-17(24-23-16)21-15-4-2-3-13(20)11-15/h2-11H,1H3,(H,21,24)(H,22,25). The van der Waals surface area contributed by atoms with E-state index in [9.17, 15) is 9.59 Å². The van der Waals surface area contributed by atoms with Crippen molar-refractivity contribution < 1.29 is 14.3 Å². The number of ether oxygens (including phenoxy) is 1. The third kappa shape index (κ3) is 4.80. The van der Waals surface area contributed by atoms with E-state index in [-0.39, 0.29) is 5.69 Å². The summed E-state index contributed by atoms with van der Waals surface area (Å²) in [6.07, 6.45) is 0. The van der Waals surface area contributed by atoms with E-state index in [1.165, 1.54) is 7.11 Å². The lowest BCUT2D eigenvalue weighted by Gasteiger charge is -2.07. The highest BCUT2D eigenvalue weighted by Gasteiger charge is 2.10. The Hall–Kier alpha value is -3.45. The van der Waals surface area contributed by atoms with Gasteiger partial charge in [0.25, 0.3) is 5.91 Å². The molecule has 0 bridgehead atoms. The normalized spacial score (nSPS) is 10.1. The van der Waals surface area contributed by atoms with Crippen molar-refractivity contribution in [3.8, 4) is 0 Å². The van der Waals surface area contributed by atoms with Crippen molar-refractivity contribution in [3.05, 3.63) is 76.9 Å². The summed E-state index contributed by atoms with van der Waals surface area (Å²) in [5.74, 6) is -0.375. The van der Waals surface area contributed by atoms with Crippen molar-refractivity contribution in [1.29, 1.82) is 0 Å². The summed E-state index contributed by atoms with van der Waals surface area (Å²) in [5, 5.41) is 14.2. The minimum absolute atomic E-state index is 0.156. The number of hydrogen-bond donors (Lipinski definition) is 2. The molecule has 0 unspecified atom stereocenters. The number of carbonyl (C=O) groups excluding carboxylic acids is 2. The first-order valence-electron chi connectivity index (χ1n) is 7.91. The molecule has 1 heterocycles. The highest BCUT2D eigenvalue weighted by Crippen LogP contribution is 2.18. The van der Waals surface area contributed by atoms with Gasteiger partial charge in [0.1, 0.15) is 0 Å². The Morgan fingerprint density at radius 2 is 1.74 bits per heavy atom. The van der Waals surface area contributed by atoms with Gasteiger partial charge < -0.3 is 15.4 Å². The largest absolute Gasteiger partial charge is 0.465 e. The zero-order valence-electron chi connectivity index (χ0n) is 14.3. The molecule has 2 N–H and O–H groups in total. The molecular formula is C19H15ClN4O3. The second kappa shape index (κ2) is 8.29. The monoisotopic (exact) mass is 382 g/mol. The average Bonchev–Trinajstić information content (AvgIpc) is 2.68. The number of carbonyl (C=O) groups is 2. The van der Waals surface area contributed by atoms with Gasteiger partial charge in [-0.05, 0) is 54.6 Å². The number of esters is 1. The highest BCUT2D eigenvalue weighted by atomic mass is 35.5. The Kier molecular flexibility index (Phi) is 5.63. The molecule has 136 valence electrons. The number of rotatable bonds is 5. The maximum absolute atomic E-state index is 12.3. The van der Waals surface area contributed by atoms with Crippen molar-refractivity contribution >= 4 is 40.7 Å². The molecule has 0 radical (unpaired) electrons. The molecule has 0 saturated heterocycles. The fraction of sp³-hybridized carbons (Fsp3) is 0.0526. The Morgan fingerprint density at radius 3 is 2.37 bits per heavy atom. The van der Waals surface area contributed by atoms with Crippen molar-refractivity contribution in [2.75, 3.05) is 17.7 Å². The summed E-state index contributed by atoms with van der Waals surface area (Å²) >= 11 is 5.94. The van der Waals surface area contributed by atoms with Gasteiger partial charge in [-0.1, -0.05) is 17.7 Å². The number of nitrogens with zero attached hydrogens (tertiary/aromatic N) is 2. The van der Waals surface area contributed by atoms with E-state index < -0.39 is 11.9 Å². The van der Waals surface area contributed by atoms with Crippen LogP contribution in [0, 0.1) is 0 Å². The Morgan fingerprint density at radius 1 is 0.963 bits per heavy atom. The summed E-state index contributed by atoms with van der Waals surface area (Å²) in [4.78, 5) is 23.7. The molecule has 27 heavy (non-hydrogen) atoms. The Labute approximate surface area is 160 Å². The third-order valence-corrected chi connectivity index (χ3v) is 3.79. The molecule has 0 fully saturated rings. The molecule has 0 atom stereocenters. The predicted octanol–water partition coefficient (Wildman–Crippen LogP) is 3.91. The molecule has 1 aromatic heterocycles. The molecule has 8 heteroatoms. The van der Waals surface area contributed by atoms with Gasteiger partial charge in [-0.15, -0.1) is 10.2 Å². The molecule has 0 spiro atoms. The topological polar surface area (TPSA) is 93.2 Å². The van der Waals surface area contributed by atoms with Gasteiger partial charge >= 0.3 is 5.97 Å². The summed E-state index contributed by atoms with van der Waals surface area (Å²) in [6, 6.07) is 16.7. The lowest BCUT2D eigenvalue weighted by Crippen LogP contribution is -2.14. The first-order valence-corrected chi connectivity index (χ1v) is 8.29. The highest BCUT2D eigenvalue weighted by molar-refractivity contribution is 6.30. The number of benzene rings is 2. The number of nitrogens with one attached hydrogen (secondary N) is 2. The van der Waals surface area contributed by atoms with Crippen LogP contribution in [0.4, 0.5) is 17.2 Å². The summed E-state index contributed by atoms with van der Waals surface area (Å²) in [7, 11) is 1.31. The first kappa shape index (κ1) is 18.3. The van der Waals surface area contributed by atoms with Gasteiger partial charge in [0.15, 0.2) is 11.5 Å². The van der Waals surface area contributed by atoms with Gasteiger partial charge in [-0.2, -0.15) is 0 Å². The maximum atomic E-state index is 12.3. The van der Waals surface area contributed by atoms with Gasteiger partial charge in [0.05, 0.1) is 12.7 Å². The summed E-state index contributed by atoms with van der Waals surface area (Å²) in [5.41, 5.74) is 1.84. The Bertz CT molecular complexity index is 959. The van der Waals surface area contributed by atoms with Crippen LogP contribution in [0.1, 0.15) is 20.8 Å². The van der Waals surface area contributed by atoms with Crippen LogP contribution < -0.4 is 10.6 Å². The van der Waals surface area contributed by atoms with Crippen molar-refractivity contribution in [3.63, 3.8) is 0 Å². The van der Waals surface area contributed by atoms with E-state index >= 15 is 0 Å². The number of anilines is 3. The fourth-order valence-electron chi connectivity index (χ4n) is 2.24. The molecule has 3 aromatic rings. The summed E-state index contributed by atoms with van der Waals surface area (Å²) < 4.78 is 4.63. The number of hydrogen-bond acceptors (Lipinski definition) is 6. The lowest BCUT2D eigenvalue weighted by atomic mass is 10.2. The van der Waals surface area contributed by atoms with E-state index in [2.05, 4.69) is 25.6 Å². The minimum atomic E-state index is -0.443. The number of amides is 1. The van der Waals surface area contributed by atoms with Gasteiger partial charge in [-0.25, -0.2) is 4.79 Å². The molecule has 0 aliphatic carbocycles. The van der Waals surface area contributed by atoms with Crippen molar-refractivity contribution in [1.82, 2.24) is 10.2 Å². The zero-order valence-corrected chi connectivity index (χ0v) is 15.0. The van der Waals surface area contributed by atoms with Crippen LogP contribution in [0.25, 0.3) is 0 Å². The lowest BCUT2D eigenvalue weighted by molar-refractivity contribution is 0.0600. The van der Waals surface area contributed by atoms with Crippen molar-refractivity contribution in [2.45, 2.75) is 0 Å². The number of halogens is 1. The molecule has 0 aliphatic rings. The molecule has 0 saturated carbocycles. The van der Waals surface area contributed by atoms with E-state index in [0.29, 0.717) is 22.1 Å². The maximum Gasteiger partial charge on any atom is 0.337 e. The summed E-state index contributed by atoms with van der Waals surface area (Å²) in [6.45, 7) is 0. The van der Waals surface area contributed by atoms with Crippen LogP contribution >= 0.6 is 11.6 Å². The van der Waals surface area contributed by atoms with Crippen LogP contribution in [0.5, 0.6) is 0 Å². The quantitative estimate of drug-likeness (QED) is 0.650. The van der Waals surface area contributed by atoms with Gasteiger partial charge in [-0.3, -0.25) is 4.79 Å². The molecule has 3 rings (SSSR count). The zero-order chi connectivity index (χ0) is 19.2. The molecule has 1 amide bonds. The van der Waals surface area contributed by atoms with E-state index in [4.69, 9.17) is 11.6 Å². The van der Waals surface area contributed by atoms with Crippen molar-refractivity contribution in [2.24, 2.45) is 0 Å². The predicted molar refractivity (Wildman–Crippen MR) is 103 cm³/mol. The van der Waals surface area contributed by atoms with Crippen LogP contribution in [0.2, 0.25) is 5.02 Å². The first-order chi connectivity index (χ1) is 13.0. The van der Waals surface area contributed by atoms with E-state index in [0.717, 1.165) is 5.69 Å². The second-order valence-corrected chi connectivity index (χ2v) is 5.90. The molecule has 2 aromatic carbocycles. The second-order valence-electron chi connectivity index (χ2n) is 5.46. The average molecular weight is 383 g/mol. The minimum Gasteiger partial charge on any atom is -0.465 e. The van der Waals surface area contributed by atoms with Gasteiger partial charge in [0, 0.05) is 16.4 Å². The smallest absolute Gasteiger partial charge is 0.337 e. The third-order valence-electron chi connectivity index (χ3n) is 3.56. The molecule has 7 nitrogen and oxygen atoms in total. The van der Waals surface area contributed by atoms with E-state index in [1.807, 2.05) is 12.1 Å². The molecule has 0 aliphatic heterocycles. The number of aromatic nitrogens is 2. The van der Waals surface area contributed by atoms with Crippen LogP contribution in [-0.4, -0.2) is 29.2 Å². The number of methoxy groups -OCH3 is 1. The van der Waals surface area contributed by atoms with Crippen LogP contribution in [0.3, 0.4) is 0 Å². The SMILES string of the molecule is COC(=O)c1ccc(NC(=O)c2ccc(Nc3cccc(Cl)c3)nn2)cc1. The van der Waals surface area contributed by atoms with Crippen LogP contribution in [0.15, 0.2) is 60.7 Å². The van der Waals surface area contributed by atoms with Crippen LogP contribution in [-0.2, 0) is 4.74 Å². The van der Waals surface area contributed by atoms with E-state index in [1.54, 1.807) is 48.5 Å². The Balaban J connectivity index is 1.64. The van der Waals surface area contributed by atoms with Gasteiger partial charge in [0.2, 0.25) is 0 Å².